The quantitative estimate of drug-likeness (QED) is 0.774. The van der Waals surface area contributed by atoms with Crippen LogP contribution >= 0.6 is 11.3 Å². The molecule has 0 aliphatic heterocycles. The molecule has 0 bridgehead atoms. The number of aromatic amines is 2. The average Bonchev–Trinajstić information content (AvgIpc) is 2.84. The highest BCUT2D eigenvalue weighted by Gasteiger charge is 2.25. The summed E-state index contributed by atoms with van der Waals surface area (Å²) in [6.07, 6.45) is 2.81. The summed E-state index contributed by atoms with van der Waals surface area (Å²) in [5, 5.41) is 3.97. The third-order valence-electron chi connectivity index (χ3n) is 3.99. The molecular weight excluding hydrogens is 316 g/mol. The molecule has 1 aliphatic carbocycles. The highest BCUT2D eigenvalue weighted by atomic mass is 32.1. The van der Waals surface area contributed by atoms with E-state index in [0.717, 1.165) is 30.0 Å². The molecule has 0 saturated heterocycles. The Hall–Kier alpha value is -2.22. The van der Waals surface area contributed by atoms with Crippen molar-refractivity contribution in [2.24, 2.45) is 0 Å². The molecule has 8 heteroatoms. The van der Waals surface area contributed by atoms with Crippen LogP contribution in [0.5, 0.6) is 0 Å². The zero-order valence-corrected chi connectivity index (χ0v) is 13.8. The predicted molar refractivity (Wildman–Crippen MR) is 86.8 cm³/mol. The van der Waals surface area contributed by atoms with Crippen molar-refractivity contribution >= 4 is 17.2 Å². The van der Waals surface area contributed by atoms with Crippen molar-refractivity contribution < 1.29 is 4.79 Å². The van der Waals surface area contributed by atoms with Crippen LogP contribution in [0.4, 0.5) is 0 Å². The molecule has 0 saturated carbocycles. The summed E-state index contributed by atoms with van der Waals surface area (Å²) in [4.78, 5) is 45.7. The van der Waals surface area contributed by atoms with Gasteiger partial charge in [0.05, 0.1) is 23.2 Å². The molecule has 23 heavy (non-hydrogen) atoms. The Morgan fingerprint density at radius 1 is 1.35 bits per heavy atom. The molecule has 122 valence electrons. The van der Waals surface area contributed by atoms with E-state index in [0.29, 0.717) is 5.69 Å². The molecule has 3 rings (SSSR count). The summed E-state index contributed by atoms with van der Waals surface area (Å²) >= 11 is 1.67. The number of aromatic nitrogens is 3. The monoisotopic (exact) mass is 334 g/mol. The largest absolute Gasteiger partial charge is 0.347 e. The molecule has 2 aromatic heterocycles. The van der Waals surface area contributed by atoms with E-state index in [4.69, 9.17) is 0 Å². The predicted octanol–water partition coefficient (Wildman–Crippen LogP) is 0.873. The highest BCUT2D eigenvalue weighted by Crippen LogP contribution is 2.32. The topological polar surface area (TPSA) is 108 Å². The molecule has 0 radical (unpaired) electrons. The maximum Gasteiger partial charge on any atom is 0.325 e. The van der Waals surface area contributed by atoms with Gasteiger partial charge < -0.3 is 10.3 Å². The van der Waals surface area contributed by atoms with E-state index in [2.05, 4.69) is 20.3 Å². The lowest BCUT2D eigenvalue weighted by Gasteiger charge is -2.22. The van der Waals surface area contributed by atoms with Crippen LogP contribution in [0, 0.1) is 13.8 Å². The Balaban J connectivity index is 1.76. The third-order valence-corrected chi connectivity index (χ3v) is 5.03. The van der Waals surface area contributed by atoms with E-state index in [1.165, 1.54) is 4.88 Å². The number of nitrogens with one attached hydrogen (secondary N) is 3. The SMILES string of the molecule is Cc1nc2c(s1)CCC[C@@H]2NC(=O)Cc1c(C)[nH]c(=O)[nH]c1=O. The van der Waals surface area contributed by atoms with Crippen molar-refractivity contribution in [3.8, 4) is 0 Å². The number of carbonyl (C=O) groups is 1. The van der Waals surface area contributed by atoms with E-state index in [-0.39, 0.29) is 23.9 Å². The maximum atomic E-state index is 12.3. The molecule has 0 unspecified atom stereocenters. The van der Waals surface area contributed by atoms with Crippen molar-refractivity contribution in [3.63, 3.8) is 0 Å². The van der Waals surface area contributed by atoms with Crippen molar-refractivity contribution in [1.29, 1.82) is 0 Å². The minimum Gasteiger partial charge on any atom is -0.347 e. The molecule has 7 nitrogen and oxygen atoms in total. The second-order valence-electron chi connectivity index (χ2n) is 5.74. The number of nitrogens with zero attached hydrogens (tertiary/aromatic N) is 1. The van der Waals surface area contributed by atoms with E-state index >= 15 is 0 Å². The zero-order chi connectivity index (χ0) is 16.6. The molecular formula is C15H18N4O3S. The van der Waals surface area contributed by atoms with Gasteiger partial charge in [0.25, 0.3) is 5.56 Å². The van der Waals surface area contributed by atoms with Crippen LogP contribution < -0.4 is 16.6 Å². The third kappa shape index (κ3) is 3.26. The van der Waals surface area contributed by atoms with E-state index in [1.54, 1.807) is 18.3 Å². The van der Waals surface area contributed by atoms with Gasteiger partial charge in [0, 0.05) is 16.1 Å². The van der Waals surface area contributed by atoms with Gasteiger partial charge in [-0.05, 0) is 33.1 Å². The maximum absolute atomic E-state index is 12.3. The standard InChI is InChI=1S/C15H18N4O3S/c1-7-9(14(21)19-15(22)16-7)6-12(20)18-10-4-3-5-11-13(10)17-8(2)23-11/h10H,3-6H2,1-2H3,(H,18,20)(H2,16,19,21,22)/t10-/m0/s1. The summed E-state index contributed by atoms with van der Waals surface area (Å²) < 4.78 is 0. The van der Waals surface area contributed by atoms with Crippen molar-refractivity contribution in [2.45, 2.75) is 45.6 Å². The van der Waals surface area contributed by atoms with E-state index in [9.17, 15) is 14.4 Å². The zero-order valence-electron chi connectivity index (χ0n) is 13.0. The van der Waals surface area contributed by atoms with Crippen LogP contribution in [0.1, 0.15) is 45.7 Å². The molecule has 1 amide bonds. The van der Waals surface area contributed by atoms with Crippen LogP contribution in [0.2, 0.25) is 0 Å². The fourth-order valence-corrected chi connectivity index (χ4v) is 3.96. The van der Waals surface area contributed by atoms with Crippen LogP contribution in [-0.4, -0.2) is 20.9 Å². The summed E-state index contributed by atoms with van der Waals surface area (Å²) in [7, 11) is 0. The first-order valence-corrected chi connectivity index (χ1v) is 8.33. The number of aryl methyl sites for hydroxylation is 3. The number of rotatable bonds is 3. The smallest absolute Gasteiger partial charge is 0.325 e. The van der Waals surface area contributed by atoms with Crippen molar-refractivity contribution in [1.82, 2.24) is 20.3 Å². The van der Waals surface area contributed by atoms with Crippen LogP contribution in [0.3, 0.4) is 0 Å². The van der Waals surface area contributed by atoms with E-state index < -0.39 is 11.2 Å². The van der Waals surface area contributed by atoms with Crippen molar-refractivity contribution in [2.75, 3.05) is 0 Å². The summed E-state index contributed by atoms with van der Waals surface area (Å²) in [5.74, 6) is -0.242. The lowest BCUT2D eigenvalue weighted by atomic mass is 9.97. The van der Waals surface area contributed by atoms with Gasteiger partial charge in [0.15, 0.2) is 0 Å². The Labute approximate surface area is 136 Å². The Kier molecular flexibility index (Phi) is 4.16. The van der Waals surface area contributed by atoms with E-state index in [1.807, 2.05) is 6.92 Å². The second-order valence-corrected chi connectivity index (χ2v) is 7.03. The molecule has 2 heterocycles. The first-order valence-electron chi connectivity index (χ1n) is 7.51. The summed E-state index contributed by atoms with van der Waals surface area (Å²) in [6, 6.07) is -0.0988. The van der Waals surface area contributed by atoms with Gasteiger partial charge in [-0.1, -0.05) is 0 Å². The molecule has 3 N–H and O–H groups in total. The number of fused-ring (bicyclic) bond motifs is 1. The fourth-order valence-electron chi connectivity index (χ4n) is 2.93. The molecule has 0 spiro atoms. The summed E-state index contributed by atoms with van der Waals surface area (Å²) in [6.45, 7) is 3.58. The van der Waals surface area contributed by atoms with Gasteiger partial charge in [-0.25, -0.2) is 9.78 Å². The van der Waals surface area contributed by atoms with Gasteiger partial charge >= 0.3 is 5.69 Å². The van der Waals surface area contributed by atoms with Gasteiger partial charge in [-0.3, -0.25) is 14.6 Å². The first kappa shape index (κ1) is 15.7. The lowest BCUT2D eigenvalue weighted by Crippen LogP contribution is -2.35. The van der Waals surface area contributed by atoms with Crippen LogP contribution in [0.25, 0.3) is 0 Å². The highest BCUT2D eigenvalue weighted by molar-refractivity contribution is 7.11. The Morgan fingerprint density at radius 3 is 2.87 bits per heavy atom. The number of H-pyrrole nitrogens is 2. The molecule has 2 aromatic rings. The van der Waals surface area contributed by atoms with Crippen LogP contribution in [-0.2, 0) is 17.6 Å². The minimum atomic E-state index is -0.563. The number of hydrogen-bond acceptors (Lipinski definition) is 5. The van der Waals surface area contributed by atoms with Crippen molar-refractivity contribution in [3.05, 3.63) is 47.7 Å². The number of hydrogen-bond donors (Lipinski definition) is 3. The van der Waals surface area contributed by atoms with Gasteiger partial charge in [-0.15, -0.1) is 11.3 Å². The average molecular weight is 334 g/mol. The molecule has 0 fully saturated rings. The lowest BCUT2D eigenvalue weighted by molar-refractivity contribution is -0.121. The molecule has 1 atom stereocenters. The minimum absolute atomic E-state index is 0.0626. The number of carbonyl (C=O) groups excluding carboxylic acids is 1. The number of amides is 1. The Bertz CT molecular complexity index is 864. The second kappa shape index (κ2) is 6.11. The molecule has 1 aliphatic rings. The fraction of sp³-hybridized carbons (Fsp3) is 0.467. The Morgan fingerprint density at radius 2 is 2.13 bits per heavy atom. The van der Waals surface area contributed by atoms with Gasteiger partial charge in [0.2, 0.25) is 5.91 Å². The van der Waals surface area contributed by atoms with Gasteiger partial charge in [0.1, 0.15) is 0 Å². The van der Waals surface area contributed by atoms with Gasteiger partial charge in [-0.2, -0.15) is 0 Å². The molecule has 0 aromatic carbocycles. The number of thiazole rings is 1. The first-order chi connectivity index (χ1) is 10.9. The summed E-state index contributed by atoms with van der Waals surface area (Å²) in [5.41, 5.74) is 0.580. The normalized spacial score (nSPS) is 16.9. The van der Waals surface area contributed by atoms with Crippen LogP contribution in [0.15, 0.2) is 9.59 Å².